The molecule has 6 heteroatoms. The first-order valence-electron chi connectivity index (χ1n) is 10.0. The van der Waals surface area contributed by atoms with Crippen molar-refractivity contribution >= 4 is 11.8 Å². The molecule has 29 heavy (non-hydrogen) atoms. The van der Waals surface area contributed by atoms with Crippen LogP contribution in [0.3, 0.4) is 0 Å². The van der Waals surface area contributed by atoms with Crippen LogP contribution >= 0.6 is 0 Å². The van der Waals surface area contributed by atoms with E-state index < -0.39 is 0 Å². The van der Waals surface area contributed by atoms with Gasteiger partial charge in [0.1, 0.15) is 6.10 Å². The fourth-order valence-corrected chi connectivity index (χ4v) is 3.63. The Morgan fingerprint density at radius 1 is 1.10 bits per heavy atom. The summed E-state index contributed by atoms with van der Waals surface area (Å²) in [4.78, 5) is 16.9. The molecule has 1 aliphatic heterocycles. The minimum atomic E-state index is -0.294. The number of methoxy groups -OCH3 is 2. The zero-order valence-electron chi connectivity index (χ0n) is 17.5. The van der Waals surface area contributed by atoms with Crippen molar-refractivity contribution in [2.24, 2.45) is 0 Å². The molecule has 2 aromatic carbocycles. The zero-order valence-corrected chi connectivity index (χ0v) is 17.5. The van der Waals surface area contributed by atoms with Crippen LogP contribution in [0.4, 0.5) is 10.5 Å². The number of amides is 1. The Balaban J connectivity index is 1.71. The van der Waals surface area contributed by atoms with Gasteiger partial charge in [-0.05, 0) is 62.7 Å². The number of hydrogen-bond acceptors (Lipinski definition) is 5. The van der Waals surface area contributed by atoms with E-state index in [2.05, 4.69) is 11.9 Å². The summed E-state index contributed by atoms with van der Waals surface area (Å²) in [6.45, 7) is 2.35. The Morgan fingerprint density at radius 3 is 2.55 bits per heavy atom. The lowest BCUT2D eigenvalue weighted by molar-refractivity contribution is 0.0551. The Bertz CT molecular complexity index is 797. The number of hydrogen-bond donors (Lipinski definition) is 0. The van der Waals surface area contributed by atoms with Crippen molar-refractivity contribution in [3.8, 4) is 11.5 Å². The molecule has 0 bridgehead atoms. The summed E-state index contributed by atoms with van der Waals surface area (Å²) in [6.07, 6.45) is 2.28. The average molecular weight is 399 g/mol. The van der Waals surface area contributed by atoms with E-state index in [1.54, 1.807) is 19.1 Å². The van der Waals surface area contributed by atoms with Crippen LogP contribution in [0.25, 0.3) is 0 Å². The summed E-state index contributed by atoms with van der Waals surface area (Å²) in [5.74, 6) is 1.38. The van der Waals surface area contributed by atoms with Crippen LogP contribution in [-0.4, -0.2) is 58.0 Å². The van der Waals surface area contributed by atoms with Crippen molar-refractivity contribution in [2.45, 2.75) is 25.4 Å². The molecule has 1 unspecified atom stereocenters. The standard InChI is InChI=1S/C23H30N2O4/c1-24-14-7-10-20(17-24)29-23(26)25(19-8-5-4-6-9-19)15-13-18-11-12-21(27-2)22(16-18)28-3/h4-6,8-9,11-12,16,20H,7,10,13-15,17H2,1-3H3. The monoisotopic (exact) mass is 398 g/mol. The Kier molecular flexibility index (Phi) is 7.36. The predicted molar refractivity (Wildman–Crippen MR) is 114 cm³/mol. The van der Waals surface area contributed by atoms with E-state index >= 15 is 0 Å². The maximum absolute atomic E-state index is 13.0. The fraction of sp³-hybridized carbons (Fsp3) is 0.435. The van der Waals surface area contributed by atoms with Crippen molar-refractivity contribution in [1.29, 1.82) is 0 Å². The third-order valence-corrected chi connectivity index (χ3v) is 5.21. The van der Waals surface area contributed by atoms with Gasteiger partial charge in [-0.2, -0.15) is 0 Å². The van der Waals surface area contributed by atoms with E-state index in [9.17, 15) is 4.79 Å². The molecule has 0 saturated carbocycles. The van der Waals surface area contributed by atoms with Crippen LogP contribution in [-0.2, 0) is 11.2 Å². The van der Waals surface area contributed by atoms with Crippen LogP contribution in [0, 0.1) is 0 Å². The molecule has 1 saturated heterocycles. The zero-order chi connectivity index (χ0) is 20.6. The topological polar surface area (TPSA) is 51.2 Å². The summed E-state index contributed by atoms with van der Waals surface area (Å²) in [7, 11) is 5.30. The van der Waals surface area contributed by atoms with Gasteiger partial charge in [-0.3, -0.25) is 4.90 Å². The second-order valence-corrected chi connectivity index (χ2v) is 7.34. The number of rotatable bonds is 7. The molecule has 3 rings (SSSR count). The number of anilines is 1. The molecule has 0 spiro atoms. The second kappa shape index (κ2) is 10.2. The lowest BCUT2D eigenvalue weighted by Crippen LogP contribution is -2.42. The molecule has 1 fully saturated rings. The van der Waals surface area contributed by atoms with Gasteiger partial charge in [-0.25, -0.2) is 4.79 Å². The highest BCUT2D eigenvalue weighted by atomic mass is 16.6. The number of benzene rings is 2. The number of para-hydroxylation sites is 1. The summed E-state index contributed by atoms with van der Waals surface area (Å²) >= 11 is 0. The van der Waals surface area contributed by atoms with Crippen LogP contribution in [0.2, 0.25) is 0 Å². The normalized spacial score (nSPS) is 16.9. The SMILES string of the molecule is COc1ccc(CCN(C(=O)OC2CCCN(C)C2)c2ccccc2)cc1OC. The highest BCUT2D eigenvalue weighted by molar-refractivity contribution is 5.87. The largest absolute Gasteiger partial charge is 0.493 e. The number of nitrogens with zero attached hydrogens (tertiary/aromatic N) is 2. The first kappa shape index (κ1) is 21.0. The third kappa shape index (κ3) is 5.64. The lowest BCUT2D eigenvalue weighted by Gasteiger charge is -2.31. The molecule has 0 N–H and O–H groups in total. The minimum Gasteiger partial charge on any atom is -0.493 e. The number of carbonyl (C=O) groups is 1. The molecule has 0 aromatic heterocycles. The fourth-order valence-electron chi connectivity index (χ4n) is 3.63. The first-order valence-corrected chi connectivity index (χ1v) is 10.0. The summed E-state index contributed by atoms with van der Waals surface area (Å²) < 4.78 is 16.5. The van der Waals surface area contributed by atoms with Crippen LogP contribution in [0.15, 0.2) is 48.5 Å². The smallest absolute Gasteiger partial charge is 0.414 e. The van der Waals surface area contributed by atoms with E-state index in [4.69, 9.17) is 14.2 Å². The number of carbonyl (C=O) groups excluding carboxylic acids is 1. The van der Waals surface area contributed by atoms with Gasteiger partial charge in [0.2, 0.25) is 0 Å². The summed E-state index contributed by atoms with van der Waals surface area (Å²) in [6, 6.07) is 15.5. The van der Waals surface area contributed by atoms with Crippen molar-refractivity contribution in [2.75, 3.05) is 45.8 Å². The third-order valence-electron chi connectivity index (χ3n) is 5.21. The van der Waals surface area contributed by atoms with E-state index in [0.717, 1.165) is 37.2 Å². The molecule has 156 valence electrons. The van der Waals surface area contributed by atoms with E-state index in [1.807, 2.05) is 48.5 Å². The van der Waals surface area contributed by atoms with E-state index in [-0.39, 0.29) is 12.2 Å². The molecule has 0 aliphatic carbocycles. The maximum atomic E-state index is 13.0. The molecule has 1 amide bonds. The van der Waals surface area contributed by atoms with E-state index in [1.165, 1.54) is 0 Å². The van der Waals surface area contributed by atoms with Crippen LogP contribution < -0.4 is 14.4 Å². The second-order valence-electron chi connectivity index (χ2n) is 7.34. The van der Waals surface area contributed by atoms with Crippen LogP contribution in [0.1, 0.15) is 18.4 Å². The summed E-state index contributed by atoms with van der Waals surface area (Å²) in [5, 5.41) is 0. The predicted octanol–water partition coefficient (Wildman–Crippen LogP) is 3.98. The molecule has 1 heterocycles. The molecule has 1 aliphatic rings. The highest BCUT2D eigenvalue weighted by Crippen LogP contribution is 2.28. The van der Waals surface area contributed by atoms with Gasteiger partial charge in [-0.1, -0.05) is 24.3 Å². The van der Waals surface area contributed by atoms with Crippen molar-refractivity contribution < 1.29 is 19.0 Å². The van der Waals surface area contributed by atoms with Gasteiger partial charge < -0.3 is 19.1 Å². The lowest BCUT2D eigenvalue weighted by atomic mass is 10.1. The summed E-state index contributed by atoms with van der Waals surface area (Å²) in [5.41, 5.74) is 1.90. The molecule has 6 nitrogen and oxygen atoms in total. The van der Waals surface area contributed by atoms with Crippen molar-refractivity contribution in [3.63, 3.8) is 0 Å². The molecular weight excluding hydrogens is 368 g/mol. The van der Waals surface area contributed by atoms with Crippen LogP contribution in [0.5, 0.6) is 11.5 Å². The van der Waals surface area contributed by atoms with Crippen molar-refractivity contribution in [3.05, 3.63) is 54.1 Å². The minimum absolute atomic E-state index is 0.0615. The molecule has 1 atom stereocenters. The van der Waals surface area contributed by atoms with Gasteiger partial charge in [0, 0.05) is 18.8 Å². The quantitative estimate of drug-likeness (QED) is 0.706. The van der Waals surface area contributed by atoms with Crippen molar-refractivity contribution in [1.82, 2.24) is 4.90 Å². The van der Waals surface area contributed by atoms with Gasteiger partial charge in [0.05, 0.1) is 14.2 Å². The number of likely N-dealkylation sites (tertiary alicyclic amines) is 1. The first-order chi connectivity index (χ1) is 14.1. The Hall–Kier alpha value is -2.73. The highest BCUT2D eigenvalue weighted by Gasteiger charge is 2.25. The number of ether oxygens (including phenoxy) is 3. The number of likely N-dealkylation sites (N-methyl/N-ethyl adjacent to an activating group) is 1. The van der Waals surface area contributed by atoms with Gasteiger partial charge in [-0.15, -0.1) is 0 Å². The Morgan fingerprint density at radius 2 is 1.86 bits per heavy atom. The maximum Gasteiger partial charge on any atom is 0.414 e. The molecular formula is C23H30N2O4. The van der Waals surface area contributed by atoms with Gasteiger partial charge in [0.25, 0.3) is 0 Å². The average Bonchev–Trinajstić information content (AvgIpc) is 2.74. The molecule has 2 aromatic rings. The Labute approximate surface area is 173 Å². The van der Waals surface area contributed by atoms with Gasteiger partial charge >= 0.3 is 6.09 Å². The van der Waals surface area contributed by atoms with E-state index in [0.29, 0.717) is 24.5 Å². The molecule has 0 radical (unpaired) electrons. The van der Waals surface area contributed by atoms with Gasteiger partial charge in [0.15, 0.2) is 11.5 Å². The number of piperidine rings is 1.